The van der Waals surface area contributed by atoms with Crippen LogP contribution in [-0.2, 0) is 14.3 Å². The Labute approximate surface area is 215 Å². The van der Waals surface area contributed by atoms with Crippen molar-refractivity contribution >= 4 is 17.4 Å². The summed E-state index contributed by atoms with van der Waals surface area (Å²) in [6, 6.07) is 5.72. The van der Waals surface area contributed by atoms with Gasteiger partial charge in [-0.25, -0.2) is 4.39 Å². The minimum Gasteiger partial charge on any atom is -0.507 e. The molecule has 1 atom stereocenters. The fraction of sp³-hybridized carbons (Fsp3) is 0.407. The number of nitrogens with zero attached hydrogens (tertiary/aromatic N) is 1. The number of hydrogen-bond acceptors (Lipinski definition) is 8. The van der Waals surface area contributed by atoms with Gasteiger partial charge in [-0.3, -0.25) is 9.59 Å². The van der Waals surface area contributed by atoms with Gasteiger partial charge >= 0.3 is 0 Å². The first kappa shape index (κ1) is 27.8. The van der Waals surface area contributed by atoms with Crippen molar-refractivity contribution in [3.63, 3.8) is 0 Å². The van der Waals surface area contributed by atoms with Crippen LogP contribution < -0.4 is 18.9 Å². The van der Waals surface area contributed by atoms with E-state index in [2.05, 4.69) is 0 Å². The predicted molar refractivity (Wildman–Crippen MR) is 134 cm³/mol. The Morgan fingerprint density at radius 3 is 2.14 bits per heavy atom. The third-order valence-electron chi connectivity index (χ3n) is 5.95. The summed E-state index contributed by atoms with van der Waals surface area (Å²) in [7, 11) is 5.70. The topological polar surface area (TPSA) is 104 Å². The van der Waals surface area contributed by atoms with E-state index in [9.17, 15) is 19.1 Å². The van der Waals surface area contributed by atoms with Crippen molar-refractivity contribution in [1.82, 2.24) is 4.90 Å². The van der Waals surface area contributed by atoms with Gasteiger partial charge < -0.3 is 33.7 Å². The molecule has 1 fully saturated rings. The fourth-order valence-electron chi connectivity index (χ4n) is 4.28. The van der Waals surface area contributed by atoms with E-state index < -0.39 is 29.3 Å². The van der Waals surface area contributed by atoms with Gasteiger partial charge in [0.15, 0.2) is 11.5 Å². The number of ether oxygens (including phenoxy) is 5. The van der Waals surface area contributed by atoms with Crippen LogP contribution in [0.5, 0.6) is 23.0 Å². The number of amides is 1. The Balaban J connectivity index is 2.23. The highest BCUT2D eigenvalue weighted by Gasteiger charge is 2.46. The van der Waals surface area contributed by atoms with E-state index in [0.29, 0.717) is 35.8 Å². The van der Waals surface area contributed by atoms with Crippen molar-refractivity contribution in [2.24, 2.45) is 0 Å². The summed E-state index contributed by atoms with van der Waals surface area (Å²) in [5, 5.41) is 11.3. The van der Waals surface area contributed by atoms with Gasteiger partial charge in [-0.05, 0) is 56.2 Å². The number of likely N-dealkylation sites (tertiary alicyclic amines) is 1. The Kier molecular flexibility index (Phi) is 8.99. The molecule has 1 saturated heterocycles. The van der Waals surface area contributed by atoms with Crippen LogP contribution >= 0.6 is 0 Å². The standard InChI is InChI=1S/C27H32FNO8/c1-15(2)37-11-7-10-29-23(16-12-20(34-4)26(36-6)21(13-16)35-5)22(25(31)27(29)32)24(30)18-14-17(28)8-9-19(18)33-3/h8-9,12-15,23,30H,7,10-11H2,1-6H3/b24-22+. The van der Waals surface area contributed by atoms with Crippen molar-refractivity contribution in [2.45, 2.75) is 32.4 Å². The first-order chi connectivity index (χ1) is 17.7. The predicted octanol–water partition coefficient (Wildman–Crippen LogP) is 4.10. The summed E-state index contributed by atoms with van der Waals surface area (Å²) < 4.78 is 41.3. The van der Waals surface area contributed by atoms with E-state index in [1.165, 1.54) is 45.5 Å². The number of aliphatic hydroxyl groups excluding tert-OH is 1. The highest BCUT2D eigenvalue weighted by atomic mass is 19.1. The first-order valence-electron chi connectivity index (χ1n) is 11.7. The molecule has 2 aromatic rings. The van der Waals surface area contributed by atoms with Crippen molar-refractivity contribution in [3.05, 3.63) is 52.8 Å². The number of ketones is 1. The molecule has 1 aliphatic rings. The summed E-state index contributed by atoms with van der Waals surface area (Å²) in [6.07, 6.45) is 0.442. The molecule has 9 nitrogen and oxygen atoms in total. The SMILES string of the molecule is COc1ccc(F)cc1/C(O)=C1\C(=O)C(=O)N(CCCOC(C)C)C1c1cc(OC)c(OC)c(OC)c1. The third-order valence-corrected chi connectivity index (χ3v) is 5.95. The second-order valence-corrected chi connectivity index (χ2v) is 8.57. The summed E-state index contributed by atoms with van der Waals surface area (Å²) in [4.78, 5) is 27.9. The van der Waals surface area contributed by atoms with E-state index in [1.807, 2.05) is 13.8 Å². The lowest BCUT2D eigenvalue weighted by molar-refractivity contribution is -0.140. The number of hydrogen-bond donors (Lipinski definition) is 1. The van der Waals surface area contributed by atoms with Crippen LogP contribution in [0.3, 0.4) is 0 Å². The van der Waals surface area contributed by atoms with Gasteiger partial charge in [0.05, 0.1) is 51.7 Å². The highest BCUT2D eigenvalue weighted by molar-refractivity contribution is 6.46. The molecule has 0 aromatic heterocycles. The number of halogens is 1. The van der Waals surface area contributed by atoms with E-state index in [4.69, 9.17) is 23.7 Å². The minimum absolute atomic E-state index is 0.00163. The van der Waals surface area contributed by atoms with Crippen LogP contribution in [0.4, 0.5) is 4.39 Å². The van der Waals surface area contributed by atoms with E-state index in [0.717, 1.165) is 6.07 Å². The lowest BCUT2D eigenvalue weighted by atomic mass is 9.94. The molecule has 1 unspecified atom stereocenters. The van der Waals surface area contributed by atoms with Gasteiger partial charge in [0, 0.05) is 13.2 Å². The first-order valence-corrected chi connectivity index (χ1v) is 11.7. The fourth-order valence-corrected chi connectivity index (χ4v) is 4.28. The average molecular weight is 518 g/mol. The number of methoxy groups -OCH3 is 4. The zero-order valence-electron chi connectivity index (χ0n) is 21.8. The smallest absolute Gasteiger partial charge is 0.295 e. The van der Waals surface area contributed by atoms with E-state index >= 15 is 0 Å². The highest BCUT2D eigenvalue weighted by Crippen LogP contribution is 2.46. The Hall–Kier alpha value is -3.79. The molecule has 2 aromatic carbocycles. The van der Waals surface area contributed by atoms with Gasteiger partial charge in [-0.2, -0.15) is 0 Å². The molecule has 0 bridgehead atoms. The van der Waals surface area contributed by atoms with Crippen molar-refractivity contribution in [2.75, 3.05) is 41.6 Å². The molecule has 1 aliphatic heterocycles. The summed E-state index contributed by atoms with van der Waals surface area (Å²) in [5.41, 5.74) is 0.157. The van der Waals surface area contributed by atoms with Gasteiger partial charge in [0.25, 0.3) is 11.7 Å². The van der Waals surface area contributed by atoms with Crippen LogP contribution in [0.25, 0.3) is 5.76 Å². The summed E-state index contributed by atoms with van der Waals surface area (Å²) in [6.45, 7) is 4.32. The van der Waals surface area contributed by atoms with Crippen molar-refractivity contribution < 1.29 is 42.8 Å². The molecule has 10 heteroatoms. The number of aliphatic hydroxyl groups is 1. The van der Waals surface area contributed by atoms with Gasteiger partial charge in [0.2, 0.25) is 5.75 Å². The van der Waals surface area contributed by atoms with Crippen molar-refractivity contribution in [1.29, 1.82) is 0 Å². The number of carbonyl (C=O) groups excluding carboxylic acids is 2. The van der Waals surface area contributed by atoms with E-state index in [-0.39, 0.29) is 29.5 Å². The van der Waals surface area contributed by atoms with Gasteiger partial charge in [-0.1, -0.05) is 0 Å². The molecule has 3 rings (SSSR count). The van der Waals surface area contributed by atoms with Crippen LogP contribution in [0.15, 0.2) is 35.9 Å². The van der Waals surface area contributed by atoms with Crippen LogP contribution in [0.1, 0.15) is 37.4 Å². The molecule has 0 radical (unpaired) electrons. The average Bonchev–Trinajstić information content (AvgIpc) is 3.14. The molecule has 0 aliphatic carbocycles. The second-order valence-electron chi connectivity index (χ2n) is 8.57. The maximum absolute atomic E-state index is 14.1. The van der Waals surface area contributed by atoms with E-state index in [1.54, 1.807) is 12.1 Å². The van der Waals surface area contributed by atoms with Crippen LogP contribution in [-0.4, -0.2) is 69.4 Å². The van der Waals surface area contributed by atoms with Crippen LogP contribution in [0, 0.1) is 5.82 Å². The molecule has 1 amide bonds. The maximum atomic E-state index is 14.1. The molecule has 1 N–H and O–H groups in total. The van der Waals surface area contributed by atoms with Crippen LogP contribution in [0.2, 0.25) is 0 Å². The third kappa shape index (κ3) is 5.64. The largest absolute Gasteiger partial charge is 0.507 e. The Bertz CT molecular complexity index is 1170. The summed E-state index contributed by atoms with van der Waals surface area (Å²) in [5.74, 6) is -1.86. The van der Waals surface area contributed by atoms with Gasteiger partial charge in [-0.15, -0.1) is 0 Å². The maximum Gasteiger partial charge on any atom is 0.295 e. The lowest BCUT2D eigenvalue weighted by Crippen LogP contribution is -2.31. The number of Topliss-reactive ketones (excluding diaryl/α,β-unsaturated/α-hetero) is 1. The zero-order chi connectivity index (χ0) is 27.3. The normalized spacial score (nSPS) is 16.9. The Morgan fingerprint density at radius 1 is 0.973 bits per heavy atom. The monoisotopic (exact) mass is 517 g/mol. The Morgan fingerprint density at radius 2 is 1.59 bits per heavy atom. The van der Waals surface area contributed by atoms with Crippen molar-refractivity contribution in [3.8, 4) is 23.0 Å². The second kappa shape index (κ2) is 12.0. The lowest BCUT2D eigenvalue weighted by Gasteiger charge is -2.27. The molecule has 37 heavy (non-hydrogen) atoms. The van der Waals surface area contributed by atoms with Gasteiger partial charge in [0.1, 0.15) is 17.3 Å². The molecule has 0 saturated carbocycles. The number of rotatable bonds is 11. The summed E-state index contributed by atoms with van der Waals surface area (Å²) >= 11 is 0. The zero-order valence-corrected chi connectivity index (χ0v) is 21.8. The molecule has 0 spiro atoms. The molecule has 1 heterocycles. The number of carbonyl (C=O) groups is 2. The molecule has 200 valence electrons. The molecular formula is C27H32FNO8. The number of benzene rings is 2. The quantitative estimate of drug-likeness (QED) is 0.206. The molecular weight excluding hydrogens is 485 g/mol. The minimum atomic E-state index is -1.03.